The van der Waals surface area contributed by atoms with E-state index in [-0.39, 0.29) is 5.69 Å². The number of amides is 1. The van der Waals surface area contributed by atoms with Crippen LogP contribution in [0.25, 0.3) is 11.4 Å². The second-order valence-electron chi connectivity index (χ2n) is 9.22. The van der Waals surface area contributed by atoms with Gasteiger partial charge in [-0.3, -0.25) is 14.9 Å². The van der Waals surface area contributed by atoms with Crippen LogP contribution in [0.4, 0.5) is 23.0 Å². The van der Waals surface area contributed by atoms with Gasteiger partial charge in [0.05, 0.1) is 23.3 Å². The molecule has 39 heavy (non-hydrogen) atoms. The first-order chi connectivity index (χ1) is 18.8. The summed E-state index contributed by atoms with van der Waals surface area (Å²) in [7, 11) is 5.45. The minimum Gasteiger partial charge on any atom is -0.495 e. The van der Waals surface area contributed by atoms with Crippen molar-refractivity contribution in [3.63, 3.8) is 0 Å². The highest BCUT2D eigenvalue weighted by Crippen LogP contribution is 2.38. The van der Waals surface area contributed by atoms with Crippen LogP contribution in [0.2, 0.25) is 0 Å². The van der Waals surface area contributed by atoms with Crippen LogP contribution in [0.1, 0.15) is 18.5 Å². The molecular formula is C28H27N7O4. The fraction of sp³-hybridized carbons (Fsp3) is 0.179. The number of nitro groups is 1. The summed E-state index contributed by atoms with van der Waals surface area (Å²) >= 11 is 0. The molecule has 1 aromatic heterocycles. The second kappa shape index (κ2) is 10.3. The van der Waals surface area contributed by atoms with E-state index >= 15 is 0 Å². The number of methoxy groups -OCH3 is 1. The molecule has 0 fully saturated rings. The van der Waals surface area contributed by atoms with Gasteiger partial charge in [0.2, 0.25) is 5.95 Å². The Morgan fingerprint density at radius 3 is 2.54 bits per heavy atom. The van der Waals surface area contributed by atoms with Gasteiger partial charge in [0.1, 0.15) is 11.8 Å². The Balaban J connectivity index is 1.61. The average molecular weight is 526 g/mol. The largest absolute Gasteiger partial charge is 0.495 e. The van der Waals surface area contributed by atoms with Crippen LogP contribution < -0.4 is 20.3 Å². The van der Waals surface area contributed by atoms with Crippen molar-refractivity contribution in [3.8, 4) is 17.1 Å². The van der Waals surface area contributed by atoms with Crippen LogP contribution in [0, 0.1) is 10.1 Å². The molecule has 11 heteroatoms. The predicted molar refractivity (Wildman–Crippen MR) is 149 cm³/mol. The molecule has 0 aliphatic carbocycles. The number of nitrogens with zero attached hydrogens (tertiary/aromatic N) is 5. The monoisotopic (exact) mass is 525 g/mol. The van der Waals surface area contributed by atoms with Crippen LogP contribution in [0.5, 0.6) is 5.75 Å². The minimum absolute atomic E-state index is 0.0886. The molecule has 0 saturated carbocycles. The van der Waals surface area contributed by atoms with E-state index in [2.05, 4.69) is 10.6 Å². The molecule has 1 unspecified atom stereocenters. The minimum atomic E-state index is -0.779. The van der Waals surface area contributed by atoms with Crippen molar-refractivity contribution in [1.29, 1.82) is 0 Å². The molecule has 5 rings (SSSR count). The Bertz CT molecular complexity index is 1590. The Morgan fingerprint density at radius 1 is 1.10 bits per heavy atom. The van der Waals surface area contributed by atoms with Gasteiger partial charge in [-0.15, -0.1) is 5.10 Å². The number of rotatable bonds is 7. The van der Waals surface area contributed by atoms with E-state index in [0.29, 0.717) is 40.0 Å². The molecule has 0 radical (unpaired) electrons. The molecule has 0 bridgehead atoms. The highest BCUT2D eigenvalue weighted by molar-refractivity contribution is 6.06. The number of carbonyl (C=O) groups is 1. The van der Waals surface area contributed by atoms with Crippen LogP contribution in [-0.4, -0.2) is 46.8 Å². The summed E-state index contributed by atoms with van der Waals surface area (Å²) in [6, 6.07) is 20.3. The van der Waals surface area contributed by atoms with E-state index in [9.17, 15) is 14.9 Å². The third-order valence-electron chi connectivity index (χ3n) is 6.49. The normalized spacial score (nSPS) is 14.3. The van der Waals surface area contributed by atoms with Crippen molar-refractivity contribution in [2.45, 2.75) is 13.0 Å². The first kappa shape index (κ1) is 25.5. The lowest BCUT2D eigenvalue weighted by Gasteiger charge is -2.28. The van der Waals surface area contributed by atoms with E-state index in [1.165, 1.54) is 19.2 Å². The zero-order chi connectivity index (χ0) is 27.7. The third-order valence-corrected chi connectivity index (χ3v) is 6.49. The van der Waals surface area contributed by atoms with E-state index < -0.39 is 16.9 Å². The van der Waals surface area contributed by atoms with Crippen molar-refractivity contribution in [2.75, 3.05) is 36.7 Å². The van der Waals surface area contributed by atoms with Crippen molar-refractivity contribution >= 4 is 28.9 Å². The van der Waals surface area contributed by atoms with Crippen LogP contribution in [0.15, 0.2) is 84.1 Å². The SMILES string of the molecule is COc1ccccc1NC(=O)C1=C(C)Nc2nc(-c3ccc(N(C)C)cc3)nn2C1c1cccc([N+](=O)[O-])c1. The van der Waals surface area contributed by atoms with E-state index in [1.807, 2.05) is 43.3 Å². The number of anilines is 3. The number of nitrogens with one attached hydrogen (secondary N) is 2. The lowest BCUT2D eigenvalue weighted by Crippen LogP contribution is -2.31. The molecule has 1 aliphatic rings. The molecule has 1 atom stereocenters. The van der Waals surface area contributed by atoms with E-state index in [0.717, 1.165) is 11.3 Å². The zero-order valence-electron chi connectivity index (χ0n) is 21.9. The predicted octanol–water partition coefficient (Wildman–Crippen LogP) is 4.86. The van der Waals surface area contributed by atoms with Crippen molar-refractivity contribution < 1.29 is 14.5 Å². The number of carbonyl (C=O) groups excluding carboxylic acids is 1. The molecule has 1 aliphatic heterocycles. The molecule has 2 heterocycles. The van der Waals surface area contributed by atoms with Gasteiger partial charge in [-0.05, 0) is 48.9 Å². The molecule has 4 aromatic rings. The highest BCUT2D eigenvalue weighted by atomic mass is 16.6. The average Bonchev–Trinajstić information content (AvgIpc) is 3.36. The number of nitro benzene ring substituents is 1. The van der Waals surface area contributed by atoms with Gasteiger partial charge in [-0.25, -0.2) is 4.68 Å². The number of non-ortho nitro benzene ring substituents is 1. The number of para-hydroxylation sites is 2. The lowest BCUT2D eigenvalue weighted by molar-refractivity contribution is -0.384. The molecule has 11 nitrogen and oxygen atoms in total. The number of ether oxygens (including phenoxy) is 1. The first-order valence-electron chi connectivity index (χ1n) is 12.2. The number of benzene rings is 3. The summed E-state index contributed by atoms with van der Waals surface area (Å²) in [5.41, 5.74) is 3.64. The molecule has 3 aromatic carbocycles. The number of fused-ring (bicyclic) bond motifs is 1. The van der Waals surface area contributed by atoms with Gasteiger partial charge in [0.15, 0.2) is 5.82 Å². The van der Waals surface area contributed by atoms with Gasteiger partial charge >= 0.3 is 0 Å². The number of aromatic nitrogens is 3. The molecule has 2 N–H and O–H groups in total. The van der Waals surface area contributed by atoms with Crippen molar-refractivity contribution in [1.82, 2.24) is 14.8 Å². The highest BCUT2D eigenvalue weighted by Gasteiger charge is 2.35. The second-order valence-corrected chi connectivity index (χ2v) is 9.22. The van der Waals surface area contributed by atoms with Crippen molar-refractivity contribution in [3.05, 3.63) is 99.7 Å². The van der Waals surface area contributed by atoms with Crippen LogP contribution >= 0.6 is 0 Å². The standard InChI is InChI=1S/C28H27N7O4/c1-17-24(27(36)30-22-10-5-6-11-23(22)39-4)25(19-8-7-9-21(16-19)35(37)38)34-28(29-17)31-26(32-34)18-12-14-20(15-13-18)33(2)3/h5-16,25H,1-4H3,(H,30,36)(H,29,31,32). The fourth-order valence-electron chi connectivity index (χ4n) is 4.53. The molecule has 1 amide bonds. The Morgan fingerprint density at radius 2 is 1.85 bits per heavy atom. The van der Waals surface area contributed by atoms with Gasteiger partial charge in [0.25, 0.3) is 11.6 Å². The first-order valence-corrected chi connectivity index (χ1v) is 12.2. The molecule has 198 valence electrons. The zero-order valence-corrected chi connectivity index (χ0v) is 21.9. The van der Waals surface area contributed by atoms with Crippen LogP contribution in [-0.2, 0) is 4.79 Å². The van der Waals surface area contributed by atoms with Crippen LogP contribution in [0.3, 0.4) is 0 Å². The number of allylic oxidation sites excluding steroid dienone is 1. The van der Waals surface area contributed by atoms with Gasteiger partial charge in [-0.2, -0.15) is 4.98 Å². The quantitative estimate of drug-likeness (QED) is 0.259. The topological polar surface area (TPSA) is 127 Å². The van der Waals surface area contributed by atoms with Crippen molar-refractivity contribution in [2.24, 2.45) is 0 Å². The summed E-state index contributed by atoms with van der Waals surface area (Å²) in [5.74, 6) is 0.977. The molecule has 0 saturated heterocycles. The number of hydrogen-bond acceptors (Lipinski definition) is 8. The van der Waals surface area contributed by atoms with E-state index in [1.54, 1.807) is 48.0 Å². The number of hydrogen-bond donors (Lipinski definition) is 2. The van der Waals surface area contributed by atoms with Gasteiger partial charge < -0.3 is 20.3 Å². The summed E-state index contributed by atoms with van der Waals surface area (Å²) < 4.78 is 6.99. The maximum atomic E-state index is 13.8. The molecule has 0 spiro atoms. The summed E-state index contributed by atoms with van der Waals surface area (Å²) in [6.45, 7) is 1.77. The lowest BCUT2D eigenvalue weighted by atomic mass is 9.94. The van der Waals surface area contributed by atoms with E-state index in [4.69, 9.17) is 14.8 Å². The Hall–Kier alpha value is -5.19. The summed E-state index contributed by atoms with van der Waals surface area (Å²) in [4.78, 5) is 31.6. The maximum Gasteiger partial charge on any atom is 0.269 e. The van der Waals surface area contributed by atoms with Gasteiger partial charge in [0, 0.05) is 43.2 Å². The fourth-order valence-corrected chi connectivity index (χ4v) is 4.53. The Labute approximate surface area is 224 Å². The maximum absolute atomic E-state index is 13.8. The summed E-state index contributed by atoms with van der Waals surface area (Å²) in [5, 5.41) is 22.5. The summed E-state index contributed by atoms with van der Waals surface area (Å²) in [6.07, 6.45) is 0. The molecular weight excluding hydrogens is 498 g/mol. The van der Waals surface area contributed by atoms with Gasteiger partial charge in [-0.1, -0.05) is 24.3 Å². The smallest absolute Gasteiger partial charge is 0.269 e. The Kier molecular flexibility index (Phi) is 6.72. The third kappa shape index (κ3) is 4.89.